The Balaban J connectivity index is 1.41. The molecule has 3 rings (SSSR count). The monoisotopic (exact) mass is 420 g/mol. The van der Waals surface area contributed by atoms with Crippen LogP contribution < -0.4 is 10.2 Å². The van der Waals surface area contributed by atoms with Crippen LogP contribution in [0.15, 0.2) is 47.4 Å². The van der Waals surface area contributed by atoms with Crippen LogP contribution in [0, 0.1) is 18.6 Å². The van der Waals surface area contributed by atoms with Gasteiger partial charge in [0.25, 0.3) is 5.91 Å². The minimum Gasteiger partial charge on any atom is -0.331 e. The summed E-state index contributed by atoms with van der Waals surface area (Å²) in [4.78, 5) is 27.5. The molecule has 29 heavy (non-hydrogen) atoms. The van der Waals surface area contributed by atoms with Gasteiger partial charge >= 0.3 is 0 Å². The van der Waals surface area contributed by atoms with Crippen molar-refractivity contribution in [2.24, 2.45) is 0 Å². The fourth-order valence-corrected chi connectivity index (χ4v) is 4.00. The number of hydrogen-bond acceptors (Lipinski definition) is 3. The second kappa shape index (κ2) is 9.84. The lowest BCUT2D eigenvalue weighted by Crippen LogP contribution is -3.15. The first-order chi connectivity index (χ1) is 13.9. The SMILES string of the molecule is Cc1ccc(NC(=O)C[NH+]2CCN(C(=O)CSc3cc(F)ccc3F)CC2)cc1. The molecule has 5 nitrogen and oxygen atoms in total. The van der Waals surface area contributed by atoms with Crippen LogP contribution in [0.25, 0.3) is 0 Å². The van der Waals surface area contributed by atoms with Crippen molar-refractivity contribution >= 4 is 29.3 Å². The summed E-state index contributed by atoms with van der Waals surface area (Å²) in [6, 6.07) is 10.9. The highest BCUT2D eigenvalue weighted by Gasteiger charge is 2.25. The Kier molecular flexibility index (Phi) is 7.22. The average Bonchev–Trinajstić information content (AvgIpc) is 2.70. The molecule has 1 fully saturated rings. The number of aryl methyl sites for hydroxylation is 1. The summed E-state index contributed by atoms with van der Waals surface area (Å²) in [6.45, 7) is 4.76. The Bertz CT molecular complexity index is 869. The molecule has 1 aliphatic rings. The van der Waals surface area contributed by atoms with Crippen LogP contribution in [-0.4, -0.2) is 55.2 Å². The molecule has 0 bridgehead atoms. The second-order valence-corrected chi connectivity index (χ2v) is 8.10. The van der Waals surface area contributed by atoms with Crippen LogP contribution in [0.1, 0.15) is 5.56 Å². The number of quaternary nitrogens is 1. The zero-order valence-electron chi connectivity index (χ0n) is 16.2. The molecule has 0 spiro atoms. The molecule has 2 amide bonds. The summed E-state index contributed by atoms with van der Waals surface area (Å²) in [5.74, 6) is -1.16. The zero-order valence-corrected chi connectivity index (χ0v) is 17.0. The third-order valence-electron chi connectivity index (χ3n) is 4.81. The van der Waals surface area contributed by atoms with Gasteiger partial charge in [0.05, 0.1) is 31.9 Å². The van der Waals surface area contributed by atoms with Crippen LogP contribution >= 0.6 is 11.8 Å². The summed E-state index contributed by atoms with van der Waals surface area (Å²) in [6.07, 6.45) is 0. The van der Waals surface area contributed by atoms with Crippen LogP contribution in [0.4, 0.5) is 14.5 Å². The predicted octanol–water partition coefficient (Wildman–Crippen LogP) is 1.73. The lowest BCUT2D eigenvalue weighted by atomic mass is 10.2. The maximum Gasteiger partial charge on any atom is 0.279 e. The van der Waals surface area contributed by atoms with E-state index in [1.807, 2.05) is 31.2 Å². The first-order valence-corrected chi connectivity index (χ1v) is 10.4. The molecule has 0 atom stereocenters. The average molecular weight is 421 g/mol. The number of halogens is 2. The van der Waals surface area contributed by atoms with E-state index in [1.54, 1.807) is 4.90 Å². The summed E-state index contributed by atoms with van der Waals surface area (Å²) in [5.41, 5.74) is 1.91. The van der Waals surface area contributed by atoms with E-state index in [0.717, 1.165) is 46.1 Å². The highest BCUT2D eigenvalue weighted by Crippen LogP contribution is 2.23. The molecule has 2 aromatic carbocycles. The number of benzene rings is 2. The smallest absolute Gasteiger partial charge is 0.279 e. The summed E-state index contributed by atoms with van der Waals surface area (Å²) >= 11 is 0.999. The molecule has 1 heterocycles. The molecular weight excluding hydrogens is 396 g/mol. The molecule has 1 aliphatic heterocycles. The van der Waals surface area contributed by atoms with Gasteiger partial charge in [0.1, 0.15) is 11.6 Å². The molecule has 154 valence electrons. The van der Waals surface area contributed by atoms with E-state index in [-0.39, 0.29) is 22.5 Å². The molecule has 0 aromatic heterocycles. The number of amides is 2. The fourth-order valence-electron chi connectivity index (χ4n) is 3.14. The van der Waals surface area contributed by atoms with Gasteiger partial charge in [-0.3, -0.25) is 9.59 Å². The van der Waals surface area contributed by atoms with E-state index in [9.17, 15) is 18.4 Å². The van der Waals surface area contributed by atoms with Crippen molar-refractivity contribution in [1.29, 1.82) is 0 Å². The molecule has 2 aromatic rings. The van der Waals surface area contributed by atoms with Crippen molar-refractivity contribution < 1.29 is 23.3 Å². The van der Waals surface area contributed by atoms with E-state index in [4.69, 9.17) is 0 Å². The fraction of sp³-hybridized carbons (Fsp3) is 0.333. The van der Waals surface area contributed by atoms with Gasteiger partial charge in [-0.25, -0.2) is 8.78 Å². The minimum atomic E-state index is -0.530. The molecule has 0 radical (unpaired) electrons. The van der Waals surface area contributed by atoms with Gasteiger partial charge in [-0.1, -0.05) is 17.7 Å². The first-order valence-electron chi connectivity index (χ1n) is 9.46. The maximum atomic E-state index is 13.7. The summed E-state index contributed by atoms with van der Waals surface area (Å²) in [5, 5.41) is 2.89. The van der Waals surface area contributed by atoms with Crippen LogP contribution in [-0.2, 0) is 9.59 Å². The predicted molar refractivity (Wildman–Crippen MR) is 109 cm³/mol. The number of nitrogens with zero attached hydrogens (tertiary/aromatic N) is 1. The molecular formula is C21H24F2N3O2S+. The normalized spacial score (nSPS) is 14.7. The van der Waals surface area contributed by atoms with Crippen molar-refractivity contribution in [3.63, 3.8) is 0 Å². The highest BCUT2D eigenvalue weighted by atomic mass is 32.2. The Morgan fingerprint density at radius 3 is 2.48 bits per heavy atom. The van der Waals surface area contributed by atoms with E-state index < -0.39 is 11.6 Å². The van der Waals surface area contributed by atoms with E-state index in [2.05, 4.69) is 5.32 Å². The van der Waals surface area contributed by atoms with Crippen LogP contribution in [0.5, 0.6) is 0 Å². The van der Waals surface area contributed by atoms with Gasteiger partial charge in [-0.15, -0.1) is 11.8 Å². The van der Waals surface area contributed by atoms with Crippen LogP contribution in [0.2, 0.25) is 0 Å². The number of carbonyl (C=O) groups is 2. The first kappa shape index (κ1) is 21.3. The van der Waals surface area contributed by atoms with Gasteiger partial charge < -0.3 is 15.1 Å². The van der Waals surface area contributed by atoms with Gasteiger partial charge in [0, 0.05) is 10.6 Å². The number of rotatable bonds is 6. The van der Waals surface area contributed by atoms with Gasteiger partial charge in [-0.2, -0.15) is 0 Å². The maximum absolute atomic E-state index is 13.7. The molecule has 0 saturated carbocycles. The molecule has 8 heteroatoms. The lowest BCUT2D eigenvalue weighted by Gasteiger charge is -2.31. The number of thioether (sulfide) groups is 1. The summed E-state index contributed by atoms with van der Waals surface area (Å²) < 4.78 is 26.9. The van der Waals surface area contributed by atoms with E-state index in [1.165, 1.54) is 0 Å². The Hall–Kier alpha value is -2.45. The number of nitrogens with one attached hydrogen (secondary N) is 2. The third-order valence-corrected chi connectivity index (χ3v) is 5.83. The van der Waals surface area contributed by atoms with Gasteiger partial charge in [-0.05, 0) is 37.3 Å². The van der Waals surface area contributed by atoms with Crippen molar-refractivity contribution in [2.45, 2.75) is 11.8 Å². The molecule has 2 N–H and O–H groups in total. The summed E-state index contributed by atoms with van der Waals surface area (Å²) in [7, 11) is 0. The second-order valence-electron chi connectivity index (χ2n) is 7.09. The third kappa shape index (κ3) is 6.27. The number of piperazine rings is 1. The highest BCUT2D eigenvalue weighted by molar-refractivity contribution is 8.00. The number of hydrogen-bond donors (Lipinski definition) is 2. The van der Waals surface area contributed by atoms with Gasteiger partial charge in [0.2, 0.25) is 5.91 Å². The van der Waals surface area contributed by atoms with Crippen molar-refractivity contribution in [2.75, 3.05) is 43.8 Å². The number of anilines is 1. The molecule has 1 saturated heterocycles. The standard InChI is InChI=1S/C21H23F2N3O2S/c1-15-2-5-17(6-3-15)24-20(27)13-25-8-10-26(11-9-25)21(28)14-29-19-12-16(22)4-7-18(19)23/h2-7,12H,8-11,13-14H2,1H3,(H,24,27)/p+1. The van der Waals surface area contributed by atoms with Crippen molar-refractivity contribution in [3.8, 4) is 0 Å². The Morgan fingerprint density at radius 2 is 1.79 bits per heavy atom. The largest absolute Gasteiger partial charge is 0.331 e. The Morgan fingerprint density at radius 1 is 1.10 bits per heavy atom. The van der Waals surface area contributed by atoms with Gasteiger partial charge in [0.15, 0.2) is 6.54 Å². The van der Waals surface area contributed by atoms with Crippen LogP contribution in [0.3, 0.4) is 0 Å². The van der Waals surface area contributed by atoms with E-state index >= 15 is 0 Å². The number of carbonyl (C=O) groups excluding carboxylic acids is 2. The molecule has 0 unspecified atom stereocenters. The van der Waals surface area contributed by atoms with E-state index in [0.29, 0.717) is 32.7 Å². The van der Waals surface area contributed by atoms with Crippen molar-refractivity contribution in [3.05, 3.63) is 59.7 Å². The molecule has 0 aliphatic carbocycles. The Labute approximate surface area is 173 Å². The zero-order chi connectivity index (χ0) is 20.8. The quantitative estimate of drug-likeness (QED) is 0.700. The minimum absolute atomic E-state index is 0.0548. The lowest BCUT2D eigenvalue weighted by molar-refractivity contribution is -0.895. The van der Waals surface area contributed by atoms with Crippen molar-refractivity contribution in [1.82, 2.24) is 4.90 Å². The topological polar surface area (TPSA) is 53.9 Å².